The van der Waals surface area contributed by atoms with Crippen LogP contribution in [-0.2, 0) is 28.9 Å². The maximum Gasteiger partial charge on any atom is 0.410 e. The Hall–Kier alpha value is -3.83. The highest BCUT2D eigenvalue weighted by Crippen LogP contribution is 2.43. The first kappa shape index (κ1) is 44.7. The number of anilines is 2. The first-order valence-corrected chi connectivity index (χ1v) is 22.6. The number of carbonyl (C=O) groups is 3. The molecule has 0 bridgehead atoms. The van der Waals surface area contributed by atoms with Crippen molar-refractivity contribution < 1.29 is 23.9 Å². The fourth-order valence-corrected chi connectivity index (χ4v) is 9.83. The summed E-state index contributed by atoms with van der Waals surface area (Å²) in [6.45, 7) is 29.2. The molecule has 59 heavy (non-hydrogen) atoms. The summed E-state index contributed by atoms with van der Waals surface area (Å²) in [5, 5.41) is 3.32. The molecule has 2 amide bonds. The number of aldehydes is 1. The molecule has 4 saturated heterocycles. The average molecular weight is 815 g/mol. The second kappa shape index (κ2) is 18.8. The standard InChI is InChI=1S/C24H37N3O2.C12H22N2O2.C12H15NO/c1-5-26-13-7-10-19-8-6-9-20(21(19)26)16-25-17-24(18-25)11-14-27(15-12-24)22(28)29-23(2,3)4;1-11(2,3)16-10(15)14-6-4-12(5-7-14)8-13-9-12;1-2-13-8-4-7-10-5-3-6-11(9-14)12(10)13/h6,8-9H,5,7,10-18H2,1-4H3;13H,4-9H2,1-3H3;3,5-6,9H,2,4,7-8H2,1H3. The van der Waals surface area contributed by atoms with Crippen molar-refractivity contribution in [3.8, 4) is 0 Å². The molecule has 6 heterocycles. The van der Waals surface area contributed by atoms with Gasteiger partial charge in [0.15, 0.2) is 6.29 Å². The molecule has 0 unspecified atom stereocenters. The van der Waals surface area contributed by atoms with Crippen LogP contribution < -0.4 is 15.1 Å². The number of ether oxygens (including phenoxy) is 2. The molecule has 6 aliphatic heterocycles. The molecule has 11 heteroatoms. The number of aryl methyl sites for hydroxylation is 2. The van der Waals surface area contributed by atoms with E-state index in [0.29, 0.717) is 10.8 Å². The van der Waals surface area contributed by atoms with Crippen molar-refractivity contribution in [1.82, 2.24) is 20.0 Å². The molecule has 1 N–H and O–H groups in total. The third-order valence-electron chi connectivity index (χ3n) is 13.1. The molecule has 326 valence electrons. The topological polar surface area (TPSA) is 97.9 Å². The summed E-state index contributed by atoms with van der Waals surface area (Å²) in [7, 11) is 0. The van der Waals surface area contributed by atoms with Gasteiger partial charge in [0.25, 0.3) is 0 Å². The fourth-order valence-electron chi connectivity index (χ4n) is 9.83. The maximum atomic E-state index is 12.3. The van der Waals surface area contributed by atoms with Gasteiger partial charge in [-0.25, -0.2) is 9.59 Å². The van der Waals surface area contributed by atoms with Crippen LogP contribution in [0.3, 0.4) is 0 Å². The summed E-state index contributed by atoms with van der Waals surface area (Å²) in [4.78, 5) is 46.2. The number of rotatable bonds is 5. The van der Waals surface area contributed by atoms with E-state index in [0.717, 1.165) is 128 Å². The lowest BCUT2D eigenvalue weighted by Gasteiger charge is -2.54. The number of piperidine rings is 2. The lowest BCUT2D eigenvalue weighted by molar-refractivity contribution is -0.0550. The highest BCUT2D eigenvalue weighted by molar-refractivity contribution is 5.86. The molecule has 11 nitrogen and oxygen atoms in total. The monoisotopic (exact) mass is 815 g/mol. The molecule has 0 saturated carbocycles. The number of benzene rings is 2. The Balaban J connectivity index is 0.000000164. The molecule has 0 aromatic heterocycles. The van der Waals surface area contributed by atoms with E-state index in [1.807, 2.05) is 63.5 Å². The van der Waals surface area contributed by atoms with Gasteiger partial charge in [-0.3, -0.25) is 9.69 Å². The Labute approximate surface area is 355 Å². The van der Waals surface area contributed by atoms with Gasteiger partial charge >= 0.3 is 12.2 Å². The first-order valence-electron chi connectivity index (χ1n) is 22.6. The van der Waals surface area contributed by atoms with Gasteiger partial charge in [-0.15, -0.1) is 0 Å². The van der Waals surface area contributed by atoms with Crippen molar-refractivity contribution >= 4 is 29.8 Å². The van der Waals surface area contributed by atoms with E-state index in [9.17, 15) is 14.4 Å². The van der Waals surface area contributed by atoms with Crippen LogP contribution in [0.5, 0.6) is 0 Å². The molecule has 0 aliphatic carbocycles. The van der Waals surface area contributed by atoms with E-state index < -0.39 is 5.60 Å². The normalized spacial score (nSPS) is 20.7. The van der Waals surface area contributed by atoms with E-state index >= 15 is 0 Å². The highest BCUT2D eigenvalue weighted by Gasteiger charge is 2.46. The predicted octanol–water partition coefficient (Wildman–Crippen LogP) is 8.17. The molecule has 2 spiro atoms. The van der Waals surface area contributed by atoms with Gasteiger partial charge < -0.3 is 34.4 Å². The third kappa shape index (κ3) is 11.3. The number of hydrogen-bond donors (Lipinski definition) is 1. The molecule has 2 aromatic rings. The second-order valence-corrected chi connectivity index (χ2v) is 19.9. The second-order valence-electron chi connectivity index (χ2n) is 19.9. The lowest BCUT2D eigenvalue weighted by atomic mass is 9.72. The molecule has 8 rings (SSSR count). The SMILES string of the molecule is CC(C)(C)OC(=O)N1CCC2(CC1)CNC2.CCN1CCCc2cccc(C=O)c21.CCN1CCCc2cccc(CN3CC4(CCN(C(=O)OC(C)(C)C)CC4)C3)c21. The lowest BCUT2D eigenvalue weighted by Crippen LogP contribution is -2.60. The molecule has 0 atom stereocenters. The zero-order chi connectivity index (χ0) is 42.4. The van der Waals surface area contributed by atoms with Crippen LogP contribution in [0.25, 0.3) is 0 Å². The number of nitrogens with zero attached hydrogens (tertiary/aromatic N) is 5. The van der Waals surface area contributed by atoms with E-state index in [2.05, 4.69) is 58.1 Å². The predicted molar refractivity (Wildman–Crippen MR) is 238 cm³/mol. The van der Waals surface area contributed by atoms with Crippen LogP contribution >= 0.6 is 0 Å². The van der Waals surface area contributed by atoms with Gasteiger partial charge in [-0.1, -0.05) is 30.3 Å². The number of likely N-dealkylation sites (tertiary alicyclic amines) is 3. The number of nitrogens with one attached hydrogen (secondary N) is 1. The molecule has 4 fully saturated rings. The Morgan fingerprint density at radius 3 is 1.61 bits per heavy atom. The van der Waals surface area contributed by atoms with Gasteiger partial charge in [0.05, 0.1) is 5.69 Å². The minimum atomic E-state index is -0.416. The van der Waals surface area contributed by atoms with Crippen molar-refractivity contribution in [2.75, 3.05) is 88.3 Å². The van der Waals surface area contributed by atoms with Crippen molar-refractivity contribution in [2.45, 2.75) is 125 Å². The summed E-state index contributed by atoms with van der Waals surface area (Å²) in [6.07, 6.45) is 9.85. The van der Waals surface area contributed by atoms with Crippen molar-refractivity contribution in [3.05, 3.63) is 58.7 Å². The zero-order valence-electron chi connectivity index (χ0n) is 37.7. The number of hydrogen-bond acceptors (Lipinski definition) is 9. The quantitative estimate of drug-likeness (QED) is 0.300. The summed E-state index contributed by atoms with van der Waals surface area (Å²) in [6, 6.07) is 12.9. The van der Waals surface area contributed by atoms with Crippen LogP contribution in [0.4, 0.5) is 21.0 Å². The summed E-state index contributed by atoms with van der Waals surface area (Å²) in [5.74, 6) is 0. The third-order valence-corrected chi connectivity index (χ3v) is 13.1. The van der Waals surface area contributed by atoms with Crippen LogP contribution in [-0.4, -0.2) is 123 Å². The minimum absolute atomic E-state index is 0.154. The Morgan fingerprint density at radius 2 is 1.15 bits per heavy atom. The largest absolute Gasteiger partial charge is 0.444 e. The van der Waals surface area contributed by atoms with Crippen molar-refractivity contribution in [1.29, 1.82) is 0 Å². The van der Waals surface area contributed by atoms with Crippen LogP contribution in [0.1, 0.15) is 121 Å². The highest BCUT2D eigenvalue weighted by atomic mass is 16.6. The smallest absolute Gasteiger partial charge is 0.410 e. The van der Waals surface area contributed by atoms with E-state index in [1.54, 1.807) is 0 Å². The Morgan fingerprint density at radius 1 is 0.678 bits per heavy atom. The molecular weight excluding hydrogens is 741 g/mol. The van der Waals surface area contributed by atoms with E-state index in [4.69, 9.17) is 9.47 Å². The van der Waals surface area contributed by atoms with Crippen molar-refractivity contribution in [2.24, 2.45) is 10.8 Å². The van der Waals surface area contributed by atoms with Gasteiger partial charge in [-0.2, -0.15) is 0 Å². The molecule has 6 aliphatic rings. The Kier molecular flexibility index (Phi) is 14.3. The average Bonchev–Trinajstić information content (AvgIpc) is 3.18. The van der Waals surface area contributed by atoms with Gasteiger partial charge in [-0.05, 0) is 140 Å². The summed E-state index contributed by atoms with van der Waals surface area (Å²) in [5.41, 5.74) is 7.92. The number of amides is 2. The number of para-hydroxylation sites is 2. The van der Waals surface area contributed by atoms with Crippen LogP contribution in [0.15, 0.2) is 36.4 Å². The van der Waals surface area contributed by atoms with Crippen molar-refractivity contribution in [3.63, 3.8) is 0 Å². The molecule has 2 aromatic carbocycles. The van der Waals surface area contributed by atoms with Gasteiger partial charge in [0.2, 0.25) is 0 Å². The summed E-state index contributed by atoms with van der Waals surface area (Å²) >= 11 is 0. The molecule has 0 radical (unpaired) electrons. The first-order chi connectivity index (χ1) is 28.1. The number of fused-ring (bicyclic) bond motifs is 2. The van der Waals surface area contributed by atoms with Gasteiger partial charge in [0.1, 0.15) is 11.2 Å². The summed E-state index contributed by atoms with van der Waals surface area (Å²) < 4.78 is 10.9. The fraction of sp³-hybridized carbons (Fsp3) is 0.688. The zero-order valence-corrected chi connectivity index (χ0v) is 37.7. The maximum absolute atomic E-state index is 12.3. The van der Waals surface area contributed by atoms with E-state index in [1.165, 1.54) is 48.2 Å². The van der Waals surface area contributed by atoms with E-state index in [-0.39, 0.29) is 17.8 Å². The molecular formula is C48H74N6O5. The number of carbonyl (C=O) groups excluding carboxylic acids is 3. The Bertz CT molecular complexity index is 1740. The van der Waals surface area contributed by atoms with Crippen LogP contribution in [0.2, 0.25) is 0 Å². The van der Waals surface area contributed by atoms with Gasteiger partial charge in [0, 0.05) is 96.3 Å². The van der Waals surface area contributed by atoms with Crippen LogP contribution in [0, 0.1) is 10.8 Å². The minimum Gasteiger partial charge on any atom is -0.444 e.